The molecule has 1 saturated carbocycles. The van der Waals surface area contributed by atoms with Crippen LogP contribution in [0.15, 0.2) is 29.3 Å². The number of piperidine rings is 1. The number of amides is 2. The molecular weight excluding hydrogens is 493 g/mol. The molecule has 0 spiro atoms. The molecule has 0 aromatic heterocycles. The van der Waals surface area contributed by atoms with Crippen LogP contribution in [0.1, 0.15) is 51.0 Å². The molecule has 1 aromatic carbocycles. The number of halogens is 1. The molecule has 3 rings (SSSR count). The van der Waals surface area contributed by atoms with Crippen LogP contribution in [-0.2, 0) is 16.1 Å². The number of benzene rings is 1. The summed E-state index contributed by atoms with van der Waals surface area (Å²) in [5.41, 5.74) is 7.27. The molecule has 8 heteroatoms. The van der Waals surface area contributed by atoms with Gasteiger partial charge in [-0.2, -0.15) is 0 Å². The van der Waals surface area contributed by atoms with Crippen LogP contribution in [0.4, 0.5) is 5.69 Å². The molecule has 1 aromatic rings. The number of nitrogens with zero attached hydrogens (tertiary/aromatic N) is 2. The average Bonchev–Trinajstić information content (AvgIpc) is 2.63. The molecule has 1 heterocycles. The maximum absolute atomic E-state index is 12.2. The lowest BCUT2D eigenvalue weighted by molar-refractivity contribution is -0.122. The zero-order valence-corrected chi connectivity index (χ0v) is 20.1. The highest BCUT2D eigenvalue weighted by molar-refractivity contribution is 14.0. The Hall–Kier alpha value is -1.84. The molecule has 166 valence electrons. The summed E-state index contributed by atoms with van der Waals surface area (Å²) >= 11 is 0. The fourth-order valence-corrected chi connectivity index (χ4v) is 3.96. The lowest BCUT2D eigenvalue weighted by Gasteiger charge is -2.34. The van der Waals surface area contributed by atoms with Gasteiger partial charge in [0.05, 0.1) is 6.54 Å². The molecule has 1 saturated heterocycles. The molecule has 4 N–H and O–H groups in total. The summed E-state index contributed by atoms with van der Waals surface area (Å²) in [5, 5.41) is 6.39. The number of guanidine groups is 1. The average molecular weight is 527 g/mol. The number of anilines is 1. The second-order valence-electron chi connectivity index (χ2n) is 8.11. The highest BCUT2D eigenvalue weighted by Crippen LogP contribution is 2.27. The number of primary amides is 1. The van der Waals surface area contributed by atoms with E-state index in [1.54, 1.807) is 0 Å². The molecule has 7 nitrogen and oxygen atoms in total. The van der Waals surface area contributed by atoms with Gasteiger partial charge in [-0.1, -0.05) is 18.6 Å². The van der Waals surface area contributed by atoms with Gasteiger partial charge in [0, 0.05) is 37.7 Å². The van der Waals surface area contributed by atoms with Crippen LogP contribution in [-0.4, -0.2) is 42.3 Å². The largest absolute Gasteiger partial charge is 0.370 e. The van der Waals surface area contributed by atoms with Crippen LogP contribution in [0, 0.1) is 11.8 Å². The summed E-state index contributed by atoms with van der Waals surface area (Å²) in [7, 11) is 0. The van der Waals surface area contributed by atoms with Crippen molar-refractivity contribution in [3.05, 3.63) is 29.8 Å². The first-order valence-electron chi connectivity index (χ1n) is 10.8. The Bertz CT molecular complexity index is 751. The van der Waals surface area contributed by atoms with Crippen LogP contribution in [0.3, 0.4) is 0 Å². The third-order valence-electron chi connectivity index (χ3n) is 5.73. The van der Waals surface area contributed by atoms with E-state index in [2.05, 4.69) is 22.5 Å². The van der Waals surface area contributed by atoms with Crippen molar-refractivity contribution < 1.29 is 9.59 Å². The van der Waals surface area contributed by atoms with E-state index in [-0.39, 0.29) is 47.6 Å². The first-order chi connectivity index (χ1) is 14.0. The van der Waals surface area contributed by atoms with Gasteiger partial charge in [0.25, 0.3) is 0 Å². The number of nitrogens with one attached hydrogen (secondary N) is 2. The molecule has 1 aliphatic carbocycles. The van der Waals surface area contributed by atoms with Crippen molar-refractivity contribution in [3.8, 4) is 0 Å². The molecule has 2 fully saturated rings. The van der Waals surface area contributed by atoms with Gasteiger partial charge in [-0.3, -0.25) is 9.59 Å². The van der Waals surface area contributed by atoms with Crippen molar-refractivity contribution in [1.29, 1.82) is 0 Å². The third kappa shape index (κ3) is 7.14. The lowest BCUT2D eigenvalue weighted by Crippen LogP contribution is -2.47. The molecular formula is C22H34IN5O2. The highest BCUT2D eigenvalue weighted by Gasteiger charge is 2.25. The summed E-state index contributed by atoms with van der Waals surface area (Å²) in [5.74, 6) is 1.21. The van der Waals surface area contributed by atoms with Gasteiger partial charge in [-0.25, -0.2) is 4.99 Å². The number of nitrogens with two attached hydrogens (primary N) is 1. The first kappa shape index (κ1) is 24.4. The molecule has 1 unspecified atom stereocenters. The monoisotopic (exact) mass is 527 g/mol. The highest BCUT2D eigenvalue weighted by atomic mass is 127. The van der Waals surface area contributed by atoms with E-state index >= 15 is 0 Å². The third-order valence-corrected chi connectivity index (χ3v) is 5.73. The summed E-state index contributed by atoms with van der Waals surface area (Å²) < 4.78 is 0. The molecule has 1 aliphatic heterocycles. The topological polar surface area (TPSA) is 99.8 Å². The number of hydrogen-bond acceptors (Lipinski definition) is 3. The Kier molecular flexibility index (Phi) is 9.87. The predicted octanol–water partition coefficient (Wildman–Crippen LogP) is 3.10. The van der Waals surface area contributed by atoms with E-state index in [4.69, 9.17) is 10.7 Å². The Balaban J connectivity index is 0.00000320. The minimum absolute atomic E-state index is 0. The van der Waals surface area contributed by atoms with E-state index in [1.165, 1.54) is 0 Å². The number of aliphatic imine (C=N–C) groups is 1. The summed E-state index contributed by atoms with van der Waals surface area (Å²) in [6.45, 7) is 5.10. The molecule has 0 bridgehead atoms. The summed E-state index contributed by atoms with van der Waals surface area (Å²) in [6.07, 6.45) is 5.63. The van der Waals surface area contributed by atoms with Crippen molar-refractivity contribution in [2.24, 2.45) is 22.6 Å². The second kappa shape index (κ2) is 12.1. The van der Waals surface area contributed by atoms with Gasteiger partial charge < -0.3 is 21.3 Å². The Morgan fingerprint density at radius 3 is 2.70 bits per heavy atom. The lowest BCUT2D eigenvalue weighted by atomic mass is 9.85. The van der Waals surface area contributed by atoms with Crippen LogP contribution < -0.4 is 16.4 Å². The fourth-order valence-electron chi connectivity index (χ4n) is 3.96. The zero-order valence-electron chi connectivity index (χ0n) is 17.7. The second-order valence-corrected chi connectivity index (χ2v) is 8.11. The van der Waals surface area contributed by atoms with Crippen LogP contribution in [0.25, 0.3) is 0 Å². The first-order valence-corrected chi connectivity index (χ1v) is 10.8. The quantitative estimate of drug-likeness (QED) is 0.288. The van der Waals surface area contributed by atoms with E-state index in [0.717, 1.165) is 68.9 Å². The van der Waals surface area contributed by atoms with Crippen molar-refractivity contribution in [2.45, 2.75) is 52.0 Å². The molecule has 30 heavy (non-hydrogen) atoms. The van der Waals surface area contributed by atoms with Crippen molar-refractivity contribution in [2.75, 3.05) is 25.0 Å². The number of likely N-dealkylation sites (tertiary alicyclic amines) is 1. The van der Waals surface area contributed by atoms with Crippen LogP contribution >= 0.6 is 24.0 Å². The van der Waals surface area contributed by atoms with Gasteiger partial charge in [0.15, 0.2) is 5.96 Å². The van der Waals surface area contributed by atoms with Crippen molar-refractivity contribution in [1.82, 2.24) is 10.2 Å². The van der Waals surface area contributed by atoms with E-state index in [9.17, 15) is 9.59 Å². The van der Waals surface area contributed by atoms with E-state index in [0.29, 0.717) is 13.0 Å². The fraction of sp³-hybridized carbons (Fsp3) is 0.591. The Labute approximate surface area is 196 Å². The number of carbonyl (C=O) groups is 2. The number of rotatable bonds is 7. The molecule has 2 amide bonds. The zero-order chi connectivity index (χ0) is 20.6. The molecule has 0 radical (unpaired) electrons. The van der Waals surface area contributed by atoms with Crippen molar-refractivity contribution >= 4 is 47.4 Å². The minimum atomic E-state index is -0.237. The Morgan fingerprint density at radius 1 is 1.23 bits per heavy atom. The smallest absolute Gasteiger partial charge is 0.227 e. The SMILES string of the molecule is CCNC(=NCc1cccc(NC(=O)C2CCC2)c1)N1CCCC(CC(N)=O)C1.I. The van der Waals surface area contributed by atoms with Gasteiger partial charge in [-0.15, -0.1) is 24.0 Å². The maximum atomic E-state index is 12.2. The van der Waals surface area contributed by atoms with Crippen LogP contribution in [0.2, 0.25) is 0 Å². The summed E-state index contributed by atoms with van der Waals surface area (Å²) in [4.78, 5) is 30.5. The van der Waals surface area contributed by atoms with Crippen LogP contribution in [0.5, 0.6) is 0 Å². The standard InChI is InChI=1S/C22H33N5O2.HI/c1-2-24-22(27-11-5-7-17(15-27)13-20(23)28)25-14-16-6-3-10-19(12-16)26-21(29)18-8-4-9-18;/h3,6,10,12,17-18H,2,4-5,7-9,11,13-15H2,1H3,(H2,23,28)(H,24,25)(H,26,29);1H. The summed E-state index contributed by atoms with van der Waals surface area (Å²) in [6, 6.07) is 7.90. The predicted molar refractivity (Wildman–Crippen MR) is 131 cm³/mol. The van der Waals surface area contributed by atoms with Gasteiger partial charge in [-0.05, 0) is 56.2 Å². The molecule has 2 aliphatic rings. The number of carbonyl (C=O) groups excluding carboxylic acids is 2. The number of hydrogen-bond donors (Lipinski definition) is 3. The van der Waals surface area contributed by atoms with E-state index in [1.807, 2.05) is 24.3 Å². The normalized spacial score (nSPS) is 19.4. The minimum Gasteiger partial charge on any atom is -0.370 e. The van der Waals surface area contributed by atoms with Crippen molar-refractivity contribution in [3.63, 3.8) is 0 Å². The van der Waals surface area contributed by atoms with Gasteiger partial charge >= 0.3 is 0 Å². The van der Waals surface area contributed by atoms with E-state index < -0.39 is 0 Å². The van der Waals surface area contributed by atoms with Gasteiger partial charge in [0.2, 0.25) is 11.8 Å². The Morgan fingerprint density at radius 2 is 2.03 bits per heavy atom. The van der Waals surface area contributed by atoms with Gasteiger partial charge in [0.1, 0.15) is 0 Å². The maximum Gasteiger partial charge on any atom is 0.227 e. The molecule has 1 atom stereocenters.